The molecule has 0 aromatic carbocycles. The maximum atomic E-state index is 5.39. The minimum atomic E-state index is 0.720. The molecule has 0 spiro atoms. The molecule has 102 valence electrons. The molecule has 4 nitrogen and oxygen atoms in total. The Morgan fingerprint density at radius 1 is 1.26 bits per heavy atom. The first-order valence-corrected chi connectivity index (χ1v) is 7.19. The lowest BCUT2D eigenvalue weighted by Crippen LogP contribution is -2.38. The number of hydrogen-bond acceptors (Lipinski definition) is 3. The standard InChI is InChI=1S/C14H20N4S/c1-12(13-8-4-5-9-15-13)16-17-14(19)18-10-6-2-3-7-11-18/h4-5,8-9H,2-3,6-7,10-11H2,1H3,(H,17,19)/b16-12+. The molecule has 5 heteroatoms. The molecule has 19 heavy (non-hydrogen) atoms. The van der Waals surface area contributed by atoms with Crippen LogP contribution in [0.4, 0.5) is 0 Å². The summed E-state index contributed by atoms with van der Waals surface area (Å²) in [6, 6.07) is 5.79. The zero-order valence-corrected chi connectivity index (χ0v) is 12.1. The van der Waals surface area contributed by atoms with Crippen molar-refractivity contribution in [2.24, 2.45) is 5.10 Å². The molecule has 1 aliphatic rings. The fourth-order valence-electron chi connectivity index (χ4n) is 2.11. The molecule has 1 fully saturated rings. The van der Waals surface area contributed by atoms with Gasteiger partial charge in [0.25, 0.3) is 0 Å². The molecule has 1 aliphatic heterocycles. The summed E-state index contributed by atoms with van der Waals surface area (Å²) in [6.45, 7) is 3.99. The number of nitrogens with zero attached hydrogens (tertiary/aromatic N) is 3. The molecule has 1 aromatic rings. The van der Waals surface area contributed by atoms with E-state index in [4.69, 9.17) is 12.2 Å². The van der Waals surface area contributed by atoms with Gasteiger partial charge in [0, 0.05) is 19.3 Å². The van der Waals surface area contributed by atoms with Gasteiger partial charge in [-0.05, 0) is 44.1 Å². The average molecular weight is 276 g/mol. The average Bonchev–Trinajstić information content (AvgIpc) is 2.74. The van der Waals surface area contributed by atoms with Gasteiger partial charge in [0.05, 0.1) is 11.4 Å². The van der Waals surface area contributed by atoms with Gasteiger partial charge in [-0.15, -0.1) is 0 Å². The molecule has 0 bridgehead atoms. The largest absolute Gasteiger partial charge is 0.348 e. The number of likely N-dealkylation sites (tertiary alicyclic amines) is 1. The second kappa shape index (κ2) is 7.19. The van der Waals surface area contributed by atoms with Crippen molar-refractivity contribution in [1.82, 2.24) is 15.3 Å². The van der Waals surface area contributed by atoms with Crippen LogP contribution < -0.4 is 5.43 Å². The van der Waals surface area contributed by atoms with E-state index < -0.39 is 0 Å². The molecular formula is C14H20N4S. The lowest BCUT2D eigenvalue weighted by molar-refractivity contribution is 0.428. The SMILES string of the molecule is C/C(=N\NC(=S)N1CCCCCC1)c1ccccn1. The summed E-state index contributed by atoms with van der Waals surface area (Å²) in [7, 11) is 0. The number of aromatic nitrogens is 1. The molecule has 0 saturated carbocycles. The number of nitrogens with one attached hydrogen (secondary N) is 1. The molecule has 0 radical (unpaired) electrons. The highest BCUT2D eigenvalue weighted by Crippen LogP contribution is 2.09. The van der Waals surface area contributed by atoms with Gasteiger partial charge in [0.1, 0.15) is 0 Å². The fourth-order valence-corrected chi connectivity index (χ4v) is 2.34. The molecule has 2 heterocycles. The van der Waals surface area contributed by atoms with E-state index in [0.29, 0.717) is 0 Å². The lowest BCUT2D eigenvalue weighted by atomic mass is 10.2. The summed E-state index contributed by atoms with van der Waals surface area (Å²) < 4.78 is 0. The van der Waals surface area contributed by atoms with Crippen LogP contribution in [0.15, 0.2) is 29.5 Å². The normalized spacial score (nSPS) is 16.9. The molecule has 0 amide bonds. The summed E-state index contributed by atoms with van der Waals surface area (Å²) in [5.41, 5.74) is 4.70. The van der Waals surface area contributed by atoms with Crippen LogP contribution in [0.25, 0.3) is 0 Å². The minimum absolute atomic E-state index is 0.720. The first-order valence-electron chi connectivity index (χ1n) is 6.78. The molecule has 2 rings (SSSR count). The van der Waals surface area contributed by atoms with Gasteiger partial charge < -0.3 is 4.90 Å². The second-order valence-corrected chi connectivity index (χ2v) is 5.12. The first-order chi connectivity index (χ1) is 9.27. The zero-order chi connectivity index (χ0) is 13.5. The quantitative estimate of drug-likeness (QED) is 0.512. The van der Waals surface area contributed by atoms with E-state index >= 15 is 0 Å². The van der Waals surface area contributed by atoms with Crippen molar-refractivity contribution in [3.05, 3.63) is 30.1 Å². The Labute approximate surface area is 119 Å². The Hall–Kier alpha value is -1.49. The third-order valence-corrected chi connectivity index (χ3v) is 3.60. The van der Waals surface area contributed by atoms with Gasteiger partial charge in [-0.25, -0.2) is 0 Å². The van der Waals surface area contributed by atoms with Crippen LogP contribution in [0.5, 0.6) is 0 Å². The van der Waals surface area contributed by atoms with Crippen LogP contribution in [0, 0.1) is 0 Å². The van der Waals surface area contributed by atoms with Crippen molar-refractivity contribution in [3.63, 3.8) is 0 Å². The second-order valence-electron chi connectivity index (χ2n) is 4.73. The van der Waals surface area contributed by atoms with E-state index in [1.165, 1.54) is 25.7 Å². The Kier molecular flexibility index (Phi) is 5.27. The van der Waals surface area contributed by atoms with Crippen molar-refractivity contribution in [1.29, 1.82) is 0 Å². The van der Waals surface area contributed by atoms with Gasteiger partial charge >= 0.3 is 0 Å². The third kappa shape index (κ3) is 4.28. The van der Waals surface area contributed by atoms with Gasteiger partial charge in [-0.3, -0.25) is 10.4 Å². The summed E-state index contributed by atoms with van der Waals surface area (Å²) in [5.74, 6) is 0. The van der Waals surface area contributed by atoms with Gasteiger partial charge in [0.2, 0.25) is 0 Å². The van der Waals surface area contributed by atoms with E-state index in [1.54, 1.807) is 6.20 Å². The van der Waals surface area contributed by atoms with Crippen LogP contribution in [0.1, 0.15) is 38.3 Å². The summed E-state index contributed by atoms with van der Waals surface area (Å²) >= 11 is 5.39. The Bertz CT molecular complexity index is 436. The number of pyridine rings is 1. The van der Waals surface area contributed by atoms with Crippen LogP contribution in [0.2, 0.25) is 0 Å². The zero-order valence-electron chi connectivity index (χ0n) is 11.3. The molecule has 0 atom stereocenters. The maximum Gasteiger partial charge on any atom is 0.189 e. The van der Waals surface area contributed by atoms with E-state index in [1.807, 2.05) is 25.1 Å². The van der Waals surface area contributed by atoms with Gasteiger partial charge in [0.15, 0.2) is 5.11 Å². The maximum absolute atomic E-state index is 5.39. The molecule has 1 N–H and O–H groups in total. The summed E-state index contributed by atoms with van der Waals surface area (Å²) in [6.07, 6.45) is 6.79. The van der Waals surface area contributed by atoms with Crippen molar-refractivity contribution < 1.29 is 0 Å². The summed E-state index contributed by atoms with van der Waals surface area (Å²) in [5, 5.41) is 5.04. The highest BCUT2D eigenvalue weighted by atomic mass is 32.1. The number of hydrogen-bond donors (Lipinski definition) is 1. The van der Waals surface area contributed by atoms with E-state index in [-0.39, 0.29) is 0 Å². The molecule has 0 aliphatic carbocycles. The molecular weight excluding hydrogens is 256 g/mol. The van der Waals surface area contributed by atoms with Crippen molar-refractivity contribution >= 4 is 23.0 Å². The molecule has 1 saturated heterocycles. The monoisotopic (exact) mass is 276 g/mol. The Morgan fingerprint density at radius 2 is 2.00 bits per heavy atom. The highest BCUT2D eigenvalue weighted by molar-refractivity contribution is 7.80. The van der Waals surface area contributed by atoms with Crippen LogP contribution >= 0.6 is 12.2 Å². The predicted octanol–water partition coefficient (Wildman–Crippen LogP) is 2.56. The van der Waals surface area contributed by atoms with Crippen molar-refractivity contribution in [2.75, 3.05) is 13.1 Å². The highest BCUT2D eigenvalue weighted by Gasteiger charge is 2.11. The molecule has 0 unspecified atom stereocenters. The first kappa shape index (κ1) is 13.9. The summed E-state index contributed by atoms with van der Waals surface area (Å²) in [4.78, 5) is 6.46. The smallest absolute Gasteiger partial charge is 0.189 e. The third-order valence-electron chi connectivity index (χ3n) is 3.25. The van der Waals surface area contributed by atoms with Crippen LogP contribution in [0.3, 0.4) is 0 Å². The van der Waals surface area contributed by atoms with Crippen molar-refractivity contribution in [3.8, 4) is 0 Å². The van der Waals surface area contributed by atoms with Crippen LogP contribution in [-0.4, -0.2) is 33.8 Å². The van der Waals surface area contributed by atoms with E-state index in [0.717, 1.165) is 29.6 Å². The Morgan fingerprint density at radius 3 is 2.63 bits per heavy atom. The topological polar surface area (TPSA) is 40.5 Å². The number of rotatable bonds is 2. The Balaban J connectivity index is 1.91. The van der Waals surface area contributed by atoms with Gasteiger partial charge in [-0.2, -0.15) is 5.10 Å². The van der Waals surface area contributed by atoms with E-state index in [9.17, 15) is 0 Å². The van der Waals surface area contributed by atoms with Gasteiger partial charge in [-0.1, -0.05) is 18.9 Å². The number of thiocarbonyl (C=S) groups is 1. The fraction of sp³-hybridized carbons (Fsp3) is 0.500. The van der Waals surface area contributed by atoms with Crippen molar-refractivity contribution in [2.45, 2.75) is 32.6 Å². The molecule has 1 aromatic heterocycles. The van der Waals surface area contributed by atoms with E-state index in [2.05, 4.69) is 20.4 Å². The van der Waals surface area contributed by atoms with Crippen LogP contribution in [-0.2, 0) is 0 Å². The number of hydrazone groups is 1. The predicted molar refractivity (Wildman–Crippen MR) is 82.2 cm³/mol. The minimum Gasteiger partial charge on any atom is -0.348 e. The lowest BCUT2D eigenvalue weighted by Gasteiger charge is -2.22.